The smallest absolute Gasteiger partial charge is 0.221 e. The second-order valence-electron chi connectivity index (χ2n) is 6.39. The van der Waals surface area contributed by atoms with E-state index in [-0.39, 0.29) is 0 Å². The van der Waals surface area contributed by atoms with E-state index in [9.17, 15) is 0 Å². The first kappa shape index (κ1) is 15.7. The van der Waals surface area contributed by atoms with Crippen molar-refractivity contribution in [3.8, 4) is 0 Å². The van der Waals surface area contributed by atoms with E-state index < -0.39 is 0 Å². The molecule has 23 heavy (non-hydrogen) atoms. The summed E-state index contributed by atoms with van der Waals surface area (Å²) >= 11 is 0. The van der Waals surface area contributed by atoms with Gasteiger partial charge in [-0.2, -0.15) is 5.10 Å². The maximum Gasteiger partial charge on any atom is 0.221 e. The second kappa shape index (κ2) is 6.96. The lowest BCUT2D eigenvalue weighted by Crippen LogP contribution is -2.36. The van der Waals surface area contributed by atoms with Gasteiger partial charge >= 0.3 is 0 Å². The summed E-state index contributed by atoms with van der Waals surface area (Å²) in [5, 5.41) is 4.39. The van der Waals surface area contributed by atoms with Crippen LogP contribution in [0.1, 0.15) is 43.0 Å². The molecule has 5 heteroatoms. The van der Waals surface area contributed by atoms with Gasteiger partial charge in [-0.3, -0.25) is 4.90 Å². The van der Waals surface area contributed by atoms with Crippen molar-refractivity contribution in [2.75, 3.05) is 12.3 Å². The Kier molecular flexibility index (Phi) is 4.76. The summed E-state index contributed by atoms with van der Waals surface area (Å²) in [6.45, 7) is 6.44. The lowest BCUT2D eigenvalue weighted by Gasteiger charge is -2.33. The Morgan fingerprint density at radius 1 is 1.39 bits per heavy atom. The molecule has 0 saturated carbocycles. The minimum absolute atomic E-state index is 0.414. The standard InChI is InChI=1S/C18H25N5/c1-14-12-23(18(19)21-14)20-11-16-7-5-8-17(10-16)13-22-9-4-3-6-15(22)2/h5,7-8,10-12,15H,3-4,6,9,13H2,1-2H3,(H2,19,21). The summed E-state index contributed by atoms with van der Waals surface area (Å²) in [7, 11) is 0. The van der Waals surface area contributed by atoms with E-state index in [1.807, 2.05) is 19.3 Å². The van der Waals surface area contributed by atoms with Crippen molar-refractivity contribution in [1.82, 2.24) is 14.6 Å². The molecule has 0 bridgehead atoms. The number of benzene rings is 1. The molecule has 2 heterocycles. The molecule has 1 saturated heterocycles. The van der Waals surface area contributed by atoms with Gasteiger partial charge in [0, 0.05) is 12.6 Å². The Labute approximate surface area is 137 Å². The highest BCUT2D eigenvalue weighted by atomic mass is 15.4. The molecule has 0 spiro atoms. The molecule has 1 aliphatic heterocycles. The quantitative estimate of drug-likeness (QED) is 0.883. The molecular weight excluding hydrogens is 286 g/mol. The molecular formula is C18H25N5. The predicted molar refractivity (Wildman–Crippen MR) is 94.5 cm³/mol. The largest absolute Gasteiger partial charge is 0.368 e. The third-order valence-electron chi connectivity index (χ3n) is 4.44. The van der Waals surface area contributed by atoms with Crippen LogP contribution in [0.2, 0.25) is 0 Å². The van der Waals surface area contributed by atoms with Gasteiger partial charge in [0.05, 0.1) is 18.1 Å². The van der Waals surface area contributed by atoms with E-state index in [0.717, 1.165) is 17.8 Å². The summed E-state index contributed by atoms with van der Waals surface area (Å²) in [4.78, 5) is 6.71. The van der Waals surface area contributed by atoms with Crippen molar-refractivity contribution < 1.29 is 0 Å². The Morgan fingerprint density at radius 2 is 2.26 bits per heavy atom. The fraction of sp³-hybridized carbons (Fsp3) is 0.444. The predicted octanol–water partition coefficient (Wildman–Crippen LogP) is 3.03. The van der Waals surface area contributed by atoms with E-state index in [1.54, 1.807) is 4.68 Å². The highest BCUT2D eigenvalue weighted by Crippen LogP contribution is 2.19. The molecule has 3 rings (SSSR count). The SMILES string of the molecule is Cc1cn(N=Cc2cccc(CN3CCCCC3C)c2)c(N)n1. The number of likely N-dealkylation sites (tertiary alicyclic amines) is 1. The number of hydrogen-bond acceptors (Lipinski definition) is 4. The first-order chi connectivity index (χ1) is 11.1. The Bertz CT molecular complexity index is 688. The number of nitrogen functional groups attached to an aromatic ring is 1. The van der Waals surface area contributed by atoms with Crippen LogP contribution in [0.5, 0.6) is 0 Å². The number of aromatic nitrogens is 2. The normalized spacial score (nSPS) is 19.5. The lowest BCUT2D eigenvalue weighted by atomic mass is 10.0. The van der Waals surface area contributed by atoms with Crippen molar-refractivity contribution in [2.24, 2.45) is 5.10 Å². The Balaban J connectivity index is 1.71. The van der Waals surface area contributed by atoms with E-state index >= 15 is 0 Å². The molecule has 0 radical (unpaired) electrons. The number of piperidine rings is 1. The van der Waals surface area contributed by atoms with Crippen molar-refractivity contribution in [1.29, 1.82) is 0 Å². The average molecular weight is 311 g/mol. The summed E-state index contributed by atoms with van der Waals surface area (Å²) < 4.78 is 1.61. The van der Waals surface area contributed by atoms with Crippen LogP contribution in [0.4, 0.5) is 5.95 Å². The van der Waals surface area contributed by atoms with Crippen LogP contribution in [-0.2, 0) is 6.54 Å². The average Bonchev–Trinajstić information content (AvgIpc) is 2.86. The highest BCUT2D eigenvalue weighted by molar-refractivity contribution is 5.79. The number of aryl methyl sites for hydroxylation is 1. The number of hydrogen-bond donors (Lipinski definition) is 1. The van der Waals surface area contributed by atoms with E-state index in [1.165, 1.54) is 31.4 Å². The van der Waals surface area contributed by atoms with Gasteiger partial charge in [0.15, 0.2) is 0 Å². The first-order valence-corrected chi connectivity index (χ1v) is 8.30. The third-order valence-corrected chi connectivity index (χ3v) is 4.44. The number of nitrogens with zero attached hydrogens (tertiary/aromatic N) is 4. The van der Waals surface area contributed by atoms with Crippen molar-refractivity contribution in [2.45, 2.75) is 45.7 Å². The van der Waals surface area contributed by atoms with Gasteiger partial charge in [0.25, 0.3) is 0 Å². The highest BCUT2D eigenvalue weighted by Gasteiger charge is 2.17. The van der Waals surface area contributed by atoms with Gasteiger partial charge in [-0.15, -0.1) is 0 Å². The molecule has 1 atom stereocenters. The molecule has 2 aromatic rings. The van der Waals surface area contributed by atoms with Crippen LogP contribution in [0, 0.1) is 6.92 Å². The number of nitrogens with two attached hydrogens (primary N) is 1. The third kappa shape index (κ3) is 3.99. The maximum absolute atomic E-state index is 5.81. The Hall–Kier alpha value is -2.14. The molecule has 1 aromatic heterocycles. The maximum atomic E-state index is 5.81. The minimum Gasteiger partial charge on any atom is -0.368 e. The summed E-state index contributed by atoms with van der Waals surface area (Å²) in [5.41, 5.74) is 9.09. The first-order valence-electron chi connectivity index (χ1n) is 8.30. The van der Waals surface area contributed by atoms with Crippen molar-refractivity contribution in [3.05, 3.63) is 47.3 Å². The fourth-order valence-electron chi connectivity index (χ4n) is 3.12. The summed E-state index contributed by atoms with van der Waals surface area (Å²) in [6.07, 6.45) is 7.63. The molecule has 1 fully saturated rings. The van der Waals surface area contributed by atoms with Crippen LogP contribution in [-0.4, -0.2) is 33.4 Å². The number of anilines is 1. The van der Waals surface area contributed by atoms with Crippen molar-refractivity contribution in [3.63, 3.8) is 0 Å². The molecule has 1 unspecified atom stereocenters. The van der Waals surface area contributed by atoms with Crippen molar-refractivity contribution >= 4 is 12.2 Å². The van der Waals surface area contributed by atoms with Gasteiger partial charge in [0.2, 0.25) is 5.95 Å². The molecule has 0 aliphatic carbocycles. The summed E-state index contributed by atoms with van der Waals surface area (Å²) in [5.74, 6) is 0.414. The Morgan fingerprint density at radius 3 is 3.00 bits per heavy atom. The van der Waals surface area contributed by atoms with E-state index in [0.29, 0.717) is 12.0 Å². The van der Waals surface area contributed by atoms with Gasteiger partial charge in [-0.1, -0.05) is 24.6 Å². The fourth-order valence-corrected chi connectivity index (χ4v) is 3.12. The molecule has 2 N–H and O–H groups in total. The van der Waals surface area contributed by atoms with Crippen LogP contribution >= 0.6 is 0 Å². The van der Waals surface area contributed by atoms with Crippen LogP contribution in [0.15, 0.2) is 35.6 Å². The molecule has 5 nitrogen and oxygen atoms in total. The zero-order chi connectivity index (χ0) is 16.2. The second-order valence-corrected chi connectivity index (χ2v) is 6.39. The monoisotopic (exact) mass is 311 g/mol. The van der Waals surface area contributed by atoms with Gasteiger partial charge in [-0.25, -0.2) is 9.66 Å². The van der Waals surface area contributed by atoms with Crippen LogP contribution in [0.3, 0.4) is 0 Å². The topological polar surface area (TPSA) is 59.4 Å². The zero-order valence-electron chi connectivity index (χ0n) is 13.9. The molecule has 0 amide bonds. The number of imidazole rings is 1. The zero-order valence-corrected chi connectivity index (χ0v) is 13.9. The minimum atomic E-state index is 0.414. The molecule has 1 aliphatic rings. The summed E-state index contributed by atoms with van der Waals surface area (Å²) in [6, 6.07) is 9.22. The van der Waals surface area contributed by atoms with E-state index in [4.69, 9.17) is 5.73 Å². The van der Waals surface area contributed by atoms with Crippen LogP contribution < -0.4 is 5.73 Å². The number of rotatable bonds is 4. The lowest BCUT2D eigenvalue weighted by molar-refractivity contribution is 0.152. The van der Waals surface area contributed by atoms with Gasteiger partial charge in [-0.05, 0) is 50.4 Å². The van der Waals surface area contributed by atoms with Gasteiger partial charge in [0.1, 0.15) is 0 Å². The van der Waals surface area contributed by atoms with Crippen LogP contribution in [0.25, 0.3) is 0 Å². The molecule has 122 valence electrons. The van der Waals surface area contributed by atoms with E-state index in [2.05, 4.69) is 46.2 Å². The van der Waals surface area contributed by atoms with Gasteiger partial charge < -0.3 is 5.73 Å². The molecule has 1 aromatic carbocycles.